The normalized spacial score (nSPS) is 13.6. The van der Waals surface area contributed by atoms with Crippen LogP contribution in [0, 0.1) is 0 Å². The molecule has 0 aliphatic carbocycles. The fourth-order valence-electron chi connectivity index (χ4n) is 5.61. The minimum atomic E-state index is -0.291. The monoisotopic (exact) mass is 635 g/mol. The lowest BCUT2D eigenvalue weighted by Gasteiger charge is -2.36. The van der Waals surface area contributed by atoms with Crippen LogP contribution in [0.25, 0.3) is 33.3 Å². The number of carbonyl (C=O) groups excluding carboxylic acids is 1. The Morgan fingerprint density at radius 1 is 1.00 bits per heavy atom. The van der Waals surface area contributed by atoms with Gasteiger partial charge in [-0.2, -0.15) is 0 Å². The number of pyridine rings is 2. The van der Waals surface area contributed by atoms with E-state index in [2.05, 4.69) is 28.6 Å². The molecule has 11 heteroatoms. The minimum absolute atomic E-state index is 0.215. The first kappa shape index (κ1) is 31.4. The molecular formula is C33H35Cl2N5O4. The van der Waals surface area contributed by atoms with E-state index < -0.39 is 0 Å². The highest BCUT2D eigenvalue weighted by Gasteiger charge is 2.23. The van der Waals surface area contributed by atoms with Crippen molar-refractivity contribution in [2.24, 2.45) is 0 Å². The van der Waals surface area contributed by atoms with Crippen molar-refractivity contribution in [3.05, 3.63) is 75.6 Å². The van der Waals surface area contributed by atoms with Gasteiger partial charge in [0.2, 0.25) is 5.91 Å². The fourth-order valence-corrected chi connectivity index (χ4v) is 6.31. The highest BCUT2D eigenvalue weighted by molar-refractivity contribution is 6.41. The molecule has 9 nitrogen and oxygen atoms in total. The number of fused-ring (bicyclic) bond motifs is 1. The number of methoxy groups -OCH3 is 2. The summed E-state index contributed by atoms with van der Waals surface area (Å²) < 4.78 is 12.5. The Kier molecular flexibility index (Phi) is 9.48. The number of aromatic nitrogens is 2. The first-order valence-electron chi connectivity index (χ1n) is 14.4. The highest BCUT2D eigenvalue weighted by Crippen LogP contribution is 2.45. The van der Waals surface area contributed by atoms with Crippen LogP contribution in [0.2, 0.25) is 10.0 Å². The summed E-state index contributed by atoms with van der Waals surface area (Å²) in [6.45, 7) is 12.7. The number of piperazine rings is 1. The second-order valence-electron chi connectivity index (χ2n) is 10.4. The van der Waals surface area contributed by atoms with Crippen LogP contribution in [0.4, 0.5) is 11.4 Å². The number of hydrogen-bond donors (Lipinski definition) is 1. The Bertz CT molecular complexity index is 1770. The van der Waals surface area contributed by atoms with Gasteiger partial charge in [0, 0.05) is 61.5 Å². The van der Waals surface area contributed by atoms with E-state index in [0.29, 0.717) is 46.1 Å². The summed E-state index contributed by atoms with van der Waals surface area (Å²) in [4.78, 5) is 35.7. The lowest BCUT2D eigenvalue weighted by atomic mass is 10.0. The minimum Gasteiger partial charge on any atom is -0.495 e. The molecule has 1 amide bonds. The molecule has 44 heavy (non-hydrogen) atoms. The van der Waals surface area contributed by atoms with Crippen LogP contribution in [-0.2, 0) is 11.3 Å². The van der Waals surface area contributed by atoms with Gasteiger partial charge in [-0.05, 0) is 43.8 Å². The van der Waals surface area contributed by atoms with Crippen molar-refractivity contribution in [1.29, 1.82) is 0 Å². The molecule has 1 aliphatic rings. The van der Waals surface area contributed by atoms with Gasteiger partial charge in [0.05, 0.1) is 52.4 Å². The molecule has 0 atom stereocenters. The first-order chi connectivity index (χ1) is 21.2. The zero-order valence-corrected chi connectivity index (χ0v) is 26.8. The number of rotatable bonds is 9. The zero-order valence-electron chi connectivity index (χ0n) is 25.2. The first-order valence-corrected chi connectivity index (χ1v) is 15.2. The number of nitrogens with zero attached hydrogens (tertiary/aromatic N) is 4. The molecule has 230 valence electrons. The van der Waals surface area contributed by atoms with E-state index in [0.717, 1.165) is 49.4 Å². The topological polar surface area (TPSA) is 88.9 Å². The van der Waals surface area contributed by atoms with Crippen molar-refractivity contribution >= 4 is 51.4 Å². The van der Waals surface area contributed by atoms with E-state index in [9.17, 15) is 9.59 Å². The van der Waals surface area contributed by atoms with Crippen LogP contribution < -0.4 is 25.2 Å². The van der Waals surface area contributed by atoms with Gasteiger partial charge in [-0.15, -0.1) is 0 Å². The number of nitrogens with one attached hydrogen (secondary N) is 1. The third kappa shape index (κ3) is 5.87. The summed E-state index contributed by atoms with van der Waals surface area (Å²) in [5.41, 5.74) is 4.15. The summed E-state index contributed by atoms with van der Waals surface area (Å²) in [6, 6.07) is 11.1. The van der Waals surface area contributed by atoms with Crippen molar-refractivity contribution in [3.63, 3.8) is 0 Å². The number of likely N-dealkylation sites (N-methyl/N-ethyl adjacent to an activating group) is 1. The number of halogens is 2. The van der Waals surface area contributed by atoms with Gasteiger partial charge in [0.1, 0.15) is 11.5 Å². The number of hydrogen-bond acceptors (Lipinski definition) is 7. The number of ether oxygens (including phenoxy) is 2. The molecule has 0 unspecified atom stereocenters. The lowest BCUT2D eigenvalue weighted by molar-refractivity contribution is -0.111. The number of carbonyl (C=O) groups is 1. The molecule has 4 aromatic rings. The predicted octanol–water partition coefficient (Wildman–Crippen LogP) is 6.34. The summed E-state index contributed by atoms with van der Waals surface area (Å²) in [5.74, 6) is 0.392. The Morgan fingerprint density at radius 3 is 2.27 bits per heavy atom. The van der Waals surface area contributed by atoms with Gasteiger partial charge in [-0.25, -0.2) is 0 Å². The summed E-state index contributed by atoms with van der Waals surface area (Å²) in [6.07, 6.45) is 2.98. The molecule has 2 aromatic heterocycles. The van der Waals surface area contributed by atoms with E-state index in [1.54, 1.807) is 22.9 Å². The van der Waals surface area contributed by atoms with E-state index in [-0.39, 0.29) is 21.5 Å². The molecule has 1 saturated heterocycles. The van der Waals surface area contributed by atoms with Crippen molar-refractivity contribution < 1.29 is 14.3 Å². The number of amides is 1. The second kappa shape index (κ2) is 13.3. The quantitative estimate of drug-likeness (QED) is 0.215. The summed E-state index contributed by atoms with van der Waals surface area (Å²) in [7, 11) is 2.98. The molecule has 2 aromatic carbocycles. The Balaban J connectivity index is 1.61. The van der Waals surface area contributed by atoms with Crippen LogP contribution in [0.3, 0.4) is 0 Å². The predicted molar refractivity (Wildman–Crippen MR) is 179 cm³/mol. The lowest BCUT2D eigenvalue weighted by Crippen LogP contribution is -2.46. The SMILES string of the molecule is C=CC(=O)Nc1cc(-c2cc3c(cn2)cc(-c2c(Cl)c(OC)cc(OC)c2Cl)c(=O)n3CC)ccc1N1CCN(CC)CC1. The smallest absolute Gasteiger partial charge is 0.259 e. The van der Waals surface area contributed by atoms with Gasteiger partial charge < -0.3 is 29.2 Å². The van der Waals surface area contributed by atoms with Crippen molar-refractivity contribution in [1.82, 2.24) is 14.5 Å². The average molecular weight is 637 g/mol. The van der Waals surface area contributed by atoms with Crippen molar-refractivity contribution in [2.45, 2.75) is 20.4 Å². The number of anilines is 2. The Labute approximate surface area is 266 Å². The maximum atomic E-state index is 13.9. The van der Waals surface area contributed by atoms with Crippen LogP contribution in [0.1, 0.15) is 13.8 Å². The van der Waals surface area contributed by atoms with Crippen molar-refractivity contribution in [3.8, 4) is 33.9 Å². The molecule has 3 heterocycles. The summed E-state index contributed by atoms with van der Waals surface area (Å²) in [5, 5.41) is 4.13. The van der Waals surface area contributed by atoms with Gasteiger partial charge in [0.25, 0.3) is 5.56 Å². The van der Waals surface area contributed by atoms with E-state index >= 15 is 0 Å². The molecule has 1 N–H and O–H groups in total. The van der Waals surface area contributed by atoms with Gasteiger partial charge in [-0.1, -0.05) is 42.8 Å². The van der Waals surface area contributed by atoms with Crippen LogP contribution in [-0.4, -0.2) is 67.3 Å². The van der Waals surface area contributed by atoms with Crippen LogP contribution in [0.15, 0.2) is 60.0 Å². The molecule has 0 bridgehead atoms. The van der Waals surface area contributed by atoms with E-state index in [4.69, 9.17) is 37.7 Å². The Morgan fingerprint density at radius 2 is 1.68 bits per heavy atom. The van der Waals surface area contributed by atoms with Crippen LogP contribution >= 0.6 is 23.2 Å². The second-order valence-corrected chi connectivity index (χ2v) is 11.1. The third-order valence-electron chi connectivity index (χ3n) is 8.03. The molecule has 0 saturated carbocycles. The molecule has 1 aliphatic heterocycles. The summed E-state index contributed by atoms with van der Waals surface area (Å²) >= 11 is 13.4. The maximum absolute atomic E-state index is 13.9. The molecule has 0 spiro atoms. The number of benzene rings is 2. The van der Waals surface area contributed by atoms with E-state index in [1.807, 2.05) is 31.2 Å². The van der Waals surface area contributed by atoms with E-state index in [1.165, 1.54) is 20.3 Å². The molecule has 0 radical (unpaired) electrons. The maximum Gasteiger partial charge on any atom is 0.259 e. The van der Waals surface area contributed by atoms with Gasteiger partial charge >= 0.3 is 0 Å². The van der Waals surface area contributed by atoms with Gasteiger partial charge in [0.15, 0.2) is 0 Å². The molecule has 5 rings (SSSR count). The molecular weight excluding hydrogens is 601 g/mol. The highest BCUT2D eigenvalue weighted by atomic mass is 35.5. The number of aryl methyl sites for hydroxylation is 1. The Hall–Kier alpha value is -4.05. The largest absolute Gasteiger partial charge is 0.495 e. The standard InChI is InChI=1S/C33H35Cl2N5O4/c1-6-29(41)37-24-16-20(9-10-25(24)39-13-11-38(7-2)12-14-39)23-17-26-21(19-36-23)15-22(33(42)40(26)8-3)30-31(34)27(43-4)18-28(44-5)32(30)35/h6,9-10,15-19H,1,7-8,11-14H2,2-5H3,(H,37,41). The average Bonchev–Trinajstić information content (AvgIpc) is 3.05. The van der Waals surface area contributed by atoms with Gasteiger partial charge in [-0.3, -0.25) is 14.6 Å². The van der Waals surface area contributed by atoms with Crippen molar-refractivity contribution in [2.75, 3.05) is 57.2 Å². The third-order valence-corrected chi connectivity index (χ3v) is 8.78. The zero-order chi connectivity index (χ0) is 31.5. The van der Waals surface area contributed by atoms with Crippen LogP contribution in [0.5, 0.6) is 11.5 Å². The molecule has 1 fully saturated rings. The fraction of sp³-hybridized carbons (Fsp3) is 0.303.